The number of hydrogen-bond acceptors (Lipinski definition) is 1. The van der Waals surface area contributed by atoms with Crippen LogP contribution in [0.25, 0.3) is 0 Å². The van der Waals surface area contributed by atoms with Gasteiger partial charge in [0.2, 0.25) is 0 Å². The fraction of sp³-hybridized carbons (Fsp3) is 1.00. The van der Waals surface area contributed by atoms with E-state index >= 15 is 0 Å². The summed E-state index contributed by atoms with van der Waals surface area (Å²) in [7, 11) is 4.69. The van der Waals surface area contributed by atoms with E-state index in [0.717, 1.165) is 0 Å². The van der Waals surface area contributed by atoms with Crippen LogP contribution in [0.15, 0.2) is 0 Å². The van der Waals surface area contributed by atoms with Gasteiger partial charge in [0.15, 0.2) is 0 Å². The standard InChI is InChI=1S/CH6OP2.V/c1-2-4-3;/h4H,3H2,1H3;. The maximum absolute atomic E-state index is 4.53. The van der Waals surface area contributed by atoms with Crippen molar-refractivity contribution in [3.8, 4) is 0 Å². The van der Waals surface area contributed by atoms with Gasteiger partial charge in [0.1, 0.15) is 0 Å². The SMILES string of the molecule is COPP.[V]. The molecule has 0 aromatic rings. The number of hydrogen-bond donors (Lipinski definition) is 0. The molecule has 0 heterocycles. The molecule has 0 rings (SSSR count). The minimum Gasteiger partial charge on any atom is -0.362 e. The third-order valence-electron chi connectivity index (χ3n) is 0.118. The first-order valence-corrected chi connectivity index (χ1v) is 3.62. The zero-order valence-corrected chi connectivity index (χ0v) is 6.48. The van der Waals surface area contributed by atoms with Crippen LogP contribution in [0.3, 0.4) is 0 Å². The van der Waals surface area contributed by atoms with Crippen molar-refractivity contribution >= 4 is 17.4 Å². The van der Waals surface area contributed by atoms with E-state index in [4.69, 9.17) is 0 Å². The molecule has 4 heteroatoms. The zero-order valence-electron chi connectivity index (χ0n) is 2.93. The number of rotatable bonds is 1. The van der Waals surface area contributed by atoms with Crippen molar-refractivity contribution in [1.29, 1.82) is 0 Å². The van der Waals surface area contributed by atoms with Crippen LogP contribution in [0.5, 0.6) is 0 Å². The van der Waals surface area contributed by atoms with Crippen molar-refractivity contribution in [2.75, 3.05) is 7.11 Å². The molecule has 1 radical (unpaired) electrons. The molecular formula is CH6OP2V. The Morgan fingerprint density at radius 3 is 2.00 bits per heavy atom. The van der Waals surface area contributed by atoms with Gasteiger partial charge in [-0.3, -0.25) is 0 Å². The van der Waals surface area contributed by atoms with Crippen LogP contribution < -0.4 is 0 Å². The second kappa shape index (κ2) is 9.05. The summed E-state index contributed by atoms with van der Waals surface area (Å²) in [5, 5.41) is 0. The van der Waals surface area contributed by atoms with Gasteiger partial charge in [0.25, 0.3) is 0 Å². The van der Waals surface area contributed by atoms with Gasteiger partial charge in [-0.2, -0.15) is 0 Å². The molecule has 2 atom stereocenters. The topological polar surface area (TPSA) is 9.23 Å². The van der Waals surface area contributed by atoms with Crippen molar-refractivity contribution in [2.24, 2.45) is 0 Å². The normalized spacial score (nSPS) is 8.40. The van der Waals surface area contributed by atoms with E-state index in [1.807, 2.05) is 0 Å². The summed E-state index contributed by atoms with van der Waals surface area (Å²) in [5.41, 5.74) is 0. The van der Waals surface area contributed by atoms with Gasteiger partial charge in [-0.1, -0.05) is 8.93 Å². The summed E-state index contributed by atoms with van der Waals surface area (Å²) in [6.07, 6.45) is 0. The molecule has 0 saturated heterocycles. The summed E-state index contributed by atoms with van der Waals surface area (Å²) in [5.74, 6) is 0. The molecule has 0 spiro atoms. The maximum Gasteiger partial charge on any atom is 0.0399 e. The van der Waals surface area contributed by atoms with Gasteiger partial charge in [0, 0.05) is 34.2 Å². The van der Waals surface area contributed by atoms with Crippen molar-refractivity contribution in [3.63, 3.8) is 0 Å². The van der Waals surface area contributed by atoms with Gasteiger partial charge < -0.3 is 4.52 Å². The average Bonchev–Trinajstić information content (AvgIpc) is 1.37. The first-order valence-electron chi connectivity index (χ1n) is 0.901. The fourth-order valence-corrected chi connectivity index (χ4v) is 0. The Morgan fingerprint density at radius 2 is 2.00 bits per heavy atom. The molecule has 0 aromatic carbocycles. The molecule has 0 amide bonds. The van der Waals surface area contributed by atoms with E-state index in [0.29, 0.717) is 8.50 Å². The molecule has 0 aliphatic carbocycles. The minimum atomic E-state index is 0. The Hall–Kier alpha value is 1.40. The van der Waals surface area contributed by atoms with E-state index < -0.39 is 0 Å². The van der Waals surface area contributed by atoms with E-state index in [1.165, 1.54) is 0 Å². The summed E-state index contributed by atoms with van der Waals surface area (Å²) < 4.78 is 4.53. The van der Waals surface area contributed by atoms with E-state index in [1.54, 1.807) is 7.11 Å². The summed E-state index contributed by atoms with van der Waals surface area (Å²) >= 11 is 0. The van der Waals surface area contributed by atoms with Crippen LogP contribution in [-0.2, 0) is 23.1 Å². The molecule has 0 saturated carbocycles. The van der Waals surface area contributed by atoms with Crippen LogP contribution in [0.4, 0.5) is 0 Å². The quantitative estimate of drug-likeness (QED) is 0.503. The van der Waals surface area contributed by atoms with Crippen molar-refractivity contribution in [1.82, 2.24) is 0 Å². The molecule has 5 heavy (non-hydrogen) atoms. The van der Waals surface area contributed by atoms with Gasteiger partial charge >= 0.3 is 0 Å². The third kappa shape index (κ3) is 10.8. The van der Waals surface area contributed by atoms with Crippen LogP contribution >= 0.6 is 17.4 Å². The third-order valence-corrected chi connectivity index (χ3v) is 1.06. The Kier molecular flexibility index (Phi) is 17.4. The first kappa shape index (κ1) is 9.64. The molecule has 0 aliphatic heterocycles. The van der Waals surface area contributed by atoms with Gasteiger partial charge in [0.05, 0.1) is 0 Å². The van der Waals surface area contributed by atoms with Crippen molar-refractivity contribution in [2.45, 2.75) is 0 Å². The smallest absolute Gasteiger partial charge is 0.0399 e. The molecule has 31 valence electrons. The fourth-order valence-electron chi connectivity index (χ4n) is 0. The monoisotopic (exact) mass is 147 g/mol. The zero-order chi connectivity index (χ0) is 3.41. The maximum atomic E-state index is 4.53. The summed E-state index contributed by atoms with van der Waals surface area (Å²) in [6.45, 7) is 0. The molecule has 2 unspecified atom stereocenters. The predicted molar refractivity (Wildman–Crippen MR) is 25.0 cm³/mol. The molecule has 0 aliphatic rings. The molecule has 0 fully saturated rings. The summed E-state index contributed by atoms with van der Waals surface area (Å²) in [6, 6.07) is 0. The first-order chi connectivity index (χ1) is 1.91. The second-order valence-corrected chi connectivity index (χ2v) is 1.67. The summed E-state index contributed by atoms with van der Waals surface area (Å²) in [4.78, 5) is 0. The molecular weight excluding hydrogens is 141 g/mol. The van der Waals surface area contributed by atoms with Gasteiger partial charge in [-0.25, -0.2) is 0 Å². The molecule has 1 nitrogen and oxygen atoms in total. The van der Waals surface area contributed by atoms with Crippen molar-refractivity contribution in [3.05, 3.63) is 0 Å². The molecule has 0 bridgehead atoms. The van der Waals surface area contributed by atoms with Crippen LogP contribution in [0.2, 0.25) is 0 Å². The average molecular weight is 147 g/mol. The second-order valence-electron chi connectivity index (χ2n) is 0.322. The van der Waals surface area contributed by atoms with Crippen LogP contribution in [0.1, 0.15) is 0 Å². The van der Waals surface area contributed by atoms with E-state index in [-0.39, 0.29) is 18.6 Å². The van der Waals surface area contributed by atoms with Gasteiger partial charge in [-0.05, 0) is 0 Å². The van der Waals surface area contributed by atoms with Crippen LogP contribution in [-0.4, -0.2) is 7.11 Å². The minimum absolute atomic E-state index is 0. The van der Waals surface area contributed by atoms with Crippen LogP contribution in [0, 0.1) is 0 Å². The van der Waals surface area contributed by atoms with Gasteiger partial charge in [-0.15, -0.1) is 0 Å². The molecule has 0 aromatic heterocycles. The van der Waals surface area contributed by atoms with Crippen molar-refractivity contribution < 1.29 is 23.1 Å². The predicted octanol–water partition coefficient (Wildman–Crippen LogP) is 1.01. The van der Waals surface area contributed by atoms with E-state index in [9.17, 15) is 0 Å². The Morgan fingerprint density at radius 1 is 1.80 bits per heavy atom. The Balaban J connectivity index is 0. The molecule has 0 N–H and O–H groups in total. The van der Waals surface area contributed by atoms with E-state index in [2.05, 4.69) is 13.5 Å². The Labute approximate surface area is 48.1 Å². The Bertz CT molecular complexity index is 11.6. The largest absolute Gasteiger partial charge is 0.362 e.